The van der Waals surface area contributed by atoms with Crippen molar-refractivity contribution in [1.82, 2.24) is 25.2 Å². The topological polar surface area (TPSA) is 85.8 Å². The zero-order valence-electron chi connectivity index (χ0n) is 16.8. The maximum absolute atomic E-state index is 12.9. The minimum Gasteiger partial charge on any atom is -0.361 e. The van der Waals surface area contributed by atoms with Gasteiger partial charge in [0, 0.05) is 29.2 Å². The van der Waals surface area contributed by atoms with Gasteiger partial charge < -0.3 is 14.4 Å². The van der Waals surface area contributed by atoms with Crippen LogP contribution >= 0.6 is 11.8 Å². The molecule has 152 valence electrons. The van der Waals surface area contributed by atoms with E-state index in [0.29, 0.717) is 17.9 Å². The number of nitrogens with zero attached hydrogens (tertiary/aromatic N) is 4. The van der Waals surface area contributed by atoms with Gasteiger partial charge in [-0.2, -0.15) is 0 Å². The molecule has 0 radical (unpaired) electrons. The molecule has 0 aliphatic carbocycles. The standard InChI is InChI=1S/C21H25N5O2S/c1-14-17(15(2)28-25-14)13-29-18-9-6-5-8-16(18)21(27)22-12-20-24-23-19-10-4-3-7-11-26(19)20/h5-6,8-9H,3-4,7,10-13H2,1-2H3,(H,22,27). The van der Waals surface area contributed by atoms with Gasteiger partial charge in [-0.15, -0.1) is 22.0 Å². The molecule has 0 atom stereocenters. The number of benzene rings is 1. The second-order valence-electron chi connectivity index (χ2n) is 7.26. The van der Waals surface area contributed by atoms with Gasteiger partial charge in [0.1, 0.15) is 11.6 Å². The smallest absolute Gasteiger partial charge is 0.252 e. The Kier molecular flexibility index (Phi) is 5.99. The first-order valence-electron chi connectivity index (χ1n) is 9.96. The van der Waals surface area contributed by atoms with Gasteiger partial charge in [0.05, 0.1) is 17.8 Å². The zero-order chi connectivity index (χ0) is 20.2. The molecule has 0 saturated carbocycles. The number of thioether (sulfide) groups is 1. The summed E-state index contributed by atoms with van der Waals surface area (Å²) in [7, 11) is 0. The van der Waals surface area contributed by atoms with Gasteiger partial charge in [-0.05, 0) is 38.8 Å². The fourth-order valence-electron chi connectivity index (χ4n) is 3.57. The molecule has 1 amide bonds. The van der Waals surface area contributed by atoms with E-state index in [1.54, 1.807) is 11.8 Å². The molecule has 8 heteroatoms. The van der Waals surface area contributed by atoms with Crippen LogP contribution in [0.5, 0.6) is 0 Å². The number of rotatable bonds is 6. The molecule has 1 aromatic carbocycles. The van der Waals surface area contributed by atoms with Crippen molar-refractivity contribution >= 4 is 17.7 Å². The van der Waals surface area contributed by atoms with Crippen LogP contribution in [0.2, 0.25) is 0 Å². The summed E-state index contributed by atoms with van der Waals surface area (Å²) in [5.41, 5.74) is 2.64. The van der Waals surface area contributed by atoms with Gasteiger partial charge in [0.25, 0.3) is 5.91 Å². The highest BCUT2D eigenvalue weighted by molar-refractivity contribution is 7.98. The summed E-state index contributed by atoms with van der Waals surface area (Å²) in [5.74, 6) is 3.30. The fraction of sp³-hybridized carbons (Fsp3) is 0.429. The van der Waals surface area contributed by atoms with Gasteiger partial charge in [-0.25, -0.2) is 0 Å². The van der Waals surface area contributed by atoms with E-state index in [-0.39, 0.29) is 5.91 Å². The van der Waals surface area contributed by atoms with Crippen molar-refractivity contribution in [1.29, 1.82) is 0 Å². The molecule has 0 spiro atoms. The third-order valence-electron chi connectivity index (χ3n) is 5.28. The zero-order valence-corrected chi connectivity index (χ0v) is 17.6. The van der Waals surface area contributed by atoms with Crippen molar-refractivity contribution in [2.45, 2.75) is 63.3 Å². The van der Waals surface area contributed by atoms with Crippen LogP contribution in [0.4, 0.5) is 0 Å². The van der Waals surface area contributed by atoms with Crippen molar-refractivity contribution in [2.75, 3.05) is 0 Å². The predicted octanol–water partition coefficient (Wildman–Crippen LogP) is 3.83. The number of hydrogen-bond donors (Lipinski definition) is 1. The van der Waals surface area contributed by atoms with Gasteiger partial charge in [0.15, 0.2) is 5.82 Å². The monoisotopic (exact) mass is 411 g/mol. The van der Waals surface area contributed by atoms with E-state index in [9.17, 15) is 4.79 Å². The number of hydrogen-bond acceptors (Lipinski definition) is 6. The van der Waals surface area contributed by atoms with Gasteiger partial charge in [0.2, 0.25) is 0 Å². The van der Waals surface area contributed by atoms with Crippen molar-refractivity contribution < 1.29 is 9.32 Å². The predicted molar refractivity (Wildman–Crippen MR) is 111 cm³/mol. The van der Waals surface area contributed by atoms with Crippen molar-refractivity contribution in [3.63, 3.8) is 0 Å². The molecule has 3 aromatic rings. The molecule has 3 heterocycles. The highest BCUT2D eigenvalue weighted by Crippen LogP contribution is 2.28. The normalized spacial score (nSPS) is 13.7. The molecule has 4 rings (SSSR count). The summed E-state index contributed by atoms with van der Waals surface area (Å²) in [5, 5.41) is 15.6. The average molecular weight is 412 g/mol. The van der Waals surface area contributed by atoms with E-state index in [1.165, 1.54) is 6.42 Å². The minimum atomic E-state index is -0.0992. The number of fused-ring (bicyclic) bond motifs is 1. The van der Waals surface area contributed by atoms with Crippen LogP contribution < -0.4 is 5.32 Å². The van der Waals surface area contributed by atoms with E-state index < -0.39 is 0 Å². The summed E-state index contributed by atoms with van der Waals surface area (Å²) in [6, 6.07) is 7.67. The molecule has 0 saturated heterocycles. The summed E-state index contributed by atoms with van der Waals surface area (Å²) in [4.78, 5) is 13.8. The highest BCUT2D eigenvalue weighted by atomic mass is 32.2. The van der Waals surface area contributed by atoms with E-state index in [1.807, 2.05) is 38.1 Å². The Balaban J connectivity index is 1.44. The van der Waals surface area contributed by atoms with E-state index in [0.717, 1.165) is 59.4 Å². The number of nitrogens with one attached hydrogen (secondary N) is 1. The largest absolute Gasteiger partial charge is 0.361 e. The Hall–Kier alpha value is -2.61. The van der Waals surface area contributed by atoms with Gasteiger partial charge in [-0.3, -0.25) is 4.79 Å². The van der Waals surface area contributed by atoms with Crippen LogP contribution in [-0.2, 0) is 25.3 Å². The molecule has 2 aromatic heterocycles. The van der Waals surface area contributed by atoms with E-state index in [4.69, 9.17) is 4.52 Å². The lowest BCUT2D eigenvalue weighted by Crippen LogP contribution is -2.25. The van der Waals surface area contributed by atoms with Crippen LogP contribution in [0.1, 0.15) is 58.3 Å². The first kappa shape index (κ1) is 19.7. The van der Waals surface area contributed by atoms with Crippen LogP contribution in [0.3, 0.4) is 0 Å². The second kappa shape index (κ2) is 8.82. The van der Waals surface area contributed by atoms with Crippen LogP contribution in [0.25, 0.3) is 0 Å². The molecule has 1 aliphatic heterocycles. The maximum atomic E-state index is 12.9. The average Bonchev–Trinajstić information content (AvgIpc) is 3.17. The summed E-state index contributed by atoms with van der Waals surface area (Å²) >= 11 is 1.62. The Morgan fingerprint density at radius 1 is 1.21 bits per heavy atom. The lowest BCUT2D eigenvalue weighted by atomic mass is 10.2. The van der Waals surface area contributed by atoms with E-state index >= 15 is 0 Å². The SMILES string of the molecule is Cc1noc(C)c1CSc1ccccc1C(=O)NCc1nnc2n1CCCCC2. The van der Waals surface area contributed by atoms with Crippen LogP contribution in [0.15, 0.2) is 33.7 Å². The Morgan fingerprint density at radius 2 is 2.07 bits per heavy atom. The van der Waals surface area contributed by atoms with Crippen LogP contribution in [0, 0.1) is 13.8 Å². The quantitative estimate of drug-likeness (QED) is 0.621. The summed E-state index contributed by atoms with van der Waals surface area (Å²) in [6.07, 6.45) is 4.46. The third kappa shape index (κ3) is 4.37. The Bertz CT molecular complexity index is 991. The fourth-order valence-corrected chi connectivity index (χ4v) is 4.77. The van der Waals surface area contributed by atoms with Crippen LogP contribution in [-0.4, -0.2) is 25.8 Å². The lowest BCUT2D eigenvalue weighted by molar-refractivity contribution is 0.0946. The first-order valence-corrected chi connectivity index (χ1v) is 10.9. The number of aryl methyl sites for hydroxylation is 3. The number of carbonyl (C=O) groups excluding carboxylic acids is 1. The molecule has 7 nitrogen and oxygen atoms in total. The molecule has 1 N–H and O–H groups in total. The minimum absolute atomic E-state index is 0.0992. The van der Waals surface area contributed by atoms with Crippen molar-refractivity contribution in [3.8, 4) is 0 Å². The summed E-state index contributed by atoms with van der Waals surface area (Å²) in [6.45, 7) is 5.16. The van der Waals surface area contributed by atoms with Gasteiger partial charge in [-0.1, -0.05) is 23.7 Å². The lowest BCUT2D eigenvalue weighted by Gasteiger charge is -2.11. The Labute approximate surface area is 174 Å². The second-order valence-corrected chi connectivity index (χ2v) is 8.28. The van der Waals surface area contributed by atoms with Gasteiger partial charge >= 0.3 is 0 Å². The Morgan fingerprint density at radius 3 is 2.90 bits per heavy atom. The molecule has 29 heavy (non-hydrogen) atoms. The molecule has 0 unspecified atom stereocenters. The van der Waals surface area contributed by atoms with E-state index in [2.05, 4.69) is 25.2 Å². The molecule has 1 aliphatic rings. The third-order valence-corrected chi connectivity index (χ3v) is 6.38. The molecular formula is C21H25N5O2S. The molecular weight excluding hydrogens is 386 g/mol. The number of aromatic nitrogens is 4. The number of amides is 1. The summed E-state index contributed by atoms with van der Waals surface area (Å²) < 4.78 is 7.40. The number of carbonyl (C=O) groups is 1. The van der Waals surface area contributed by atoms with Crippen molar-refractivity contribution in [2.24, 2.45) is 0 Å². The van der Waals surface area contributed by atoms with Crippen molar-refractivity contribution in [3.05, 3.63) is 58.5 Å². The first-order chi connectivity index (χ1) is 14.1. The highest BCUT2D eigenvalue weighted by Gasteiger charge is 2.17. The molecule has 0 fully saturated rings. The molecule has 0 bridgehead atoms. The maximum Gasteiger partial charge on any atom is 0.252 e.